The highest BCUT2D eigenvalue weighted by molar-refractivity contribution is 6.30. The van der Waals surface area contributed by atoms with Gasteiger partial charge in [-0.1, -0.05) is 37.9 Å². The molecule has 2 N–H and O–H groups in total. The van der Waals surface area contributed by atoms with Gasteiger partial charge in [0.15, 0.2) is 11.5 Å². The minimum absolute atomic E-state index is 0.0476. The van der Waals surface area contributed by atoms with Crippen LogP contribution in [0.4, 0.5) is 0 Å². The van der Waals surface area contributed by atoms with E-state index in [-0.39, 0.29) is 23.8 Å². The van der Waals surface area contributed by atoms with E-state index >= 15 is 0 Å². The van der Waals surface area contributed by atoms with Gasteiger partial charge in [-0.05, 0) is 49.2 Å². The van der Waals surface area contributed by atoms with Crippen molar-refractivity contribution in [3.8, 4) is 0 Å². The number of fused-ring (bicyclic) bond motifs is 1. The fourth-order valence-corrected chi connectivity index (χ4v) is 3.18. The van der Waals surface area contributed by atoms with Gasteiger partial charge in [0.1, 0.15) is 6.04 Å². The van der Waals surface area contributed by atoms with Crippen LogP contribution in [0.5, 0.6) is 0 Å². The average Bonchev–Trinajstić information content (AvgIpc) is 3.16. The molecule has 152 valence electrons. The standard InChI is InChI=1S/C21H24ClN5O2/c1-4-13(2)18(24-20(28)15-8-10-16(22)11-9-15)21(29)23-14(3)19-26-25-17-7-5-6-12-27(17)19/h5-14,18H,4H2,1-3H3,(H,23,29)(H,24,28). The van der Waals surface area contributed by atoms with Crippen LogP contribution in [-0.2, 0) is 4.79 Å². The summed E-state index contributed by atoms with van der Waals surface area (Å²) in [5, 5.41) is 14.7. The molecule has 0 aliphatic carbocycles. The maximum Gasteiger partial charge on any atom is 0.251 e. The molecule has 29 heavy (non-hydrogen) atoms. The minimum atomic E-state index is -0.676. The molecule has 3 aromatic rings. The Hall–Kier alpha value is -2.93. The van der Waals surface area contributed by atoms with Gasteiger partial charge in [0.25, 0.3) is 5.91 Å². The Morgan fingerprint density at radius 3 is 2.48 bits per heavy atom. The van der Waals surface area contributed by atoms with E-state index in [9.17, 15) is 9.59 Å². The summed E-state index contributed by atoms with van der Waals surface area (Å²) in [6, 6.07) is 11.1. The van der Waals surface area contributed by atoms with Gasteiger partial charge < -0.3 is 10.6 Å². The summed E-state index contributed by atoms with van der Waals surface area (Å²) < 4.78 is 1.83. The van der Waals surface area contributed by atoms with Crippen LogP contribution in [0.1, 0.15) is 49.4 Å². The third-order valence-electron chi connectivity index (χ3n) is 4.97. The van der Waals surface area contributed by atoms with Gasteiger partial charge in [0.2, 0.25) is 5.91 Å². The van der Waals surface area contributed by atoms with E-state index in [1.807, 2.05) is 49.6 Å². The smallest absolute Gasteiger partial charge is 0.251 e. The van der Waals surface area contributed by atoms with Crippen molar-refractivity contribution in [2.24, 2.45) is 5.92 Å². The molecule has 3 unspecified atom stereocenters. The van der Waals surface area contributed by atoms with Crippen LogP contribution in [0.2, 0.25) is 5.02 Å². The second-order valence-electron chi connectivity index (χ2n) is 7.06. The lowest BCUT2D eigenvalue weighted by Crippen LogP contribution is -2.50. The lowest BCUT2D eigenvalue weighted by molar-refractivity contribution is -0.124. The molecule has 2 aromatic heterocycles. The van der Waals surface area contributed by atoms with Gasteiger partial charge in [0, 0.05) is 16.8 Å². The number of benzene rings is 1. The quantitative estimate of drug-likeness (QED) is 0.621. The number of amides is 2. The fraction of sp³-hybridized carbons (Fsp3) is 0.333. The lowest BCUT2D eigenvalue weighted by Gasteiger charge is -2.25. The first kappa shape index (κ1) is 20.8. The summed E-state index contributed by atoms with van der Waals surface area (Å²) in [4.78, 5) is 25.6. The highest BCUT2D eigenvalue weighted by Crippen LogP contribution is 2.15. The molecule has 0 fully saturated rings. The number of pyridine rings is 1. The van der Waals surface area contributed by atoms with E-state index in [4.69, 9.17) is 11.6 Å². The summed E-state index contributed by atoms with van der Waals surface area (Å²) in [5.41, 5.74) is 1.16. The van der Waals surface area contributed by atoms with Crippen molar-refractivity contribution in [1.82, 2.24) is 25.2 Å². The van der Waals surface area contributed by atoms with Crippen molar-refractivity contribution in [1.29, 1.82) is 0 Å². The van der Waals surface area contributed by atoms with Crippen molar-refractivity contribution in [2.75, 3.05) is 0 Å². The van der Waals surface area contributed by atoms with Crippen molar-refractivity contribution >= 4 is 29.1 Å². The molecule has 2 amide bonds. The Morgan fingerprint density at radius 1 is 1.07 bits per heavy atom. The molecule has 2 heterocycles. The monoisotopic (exact) mass is 413 g/mol. The first-order valence-corrected chi connectivity index (χ1v) is 9.95. The predicted octanol–water partition coefficient (Wildman–Crippen LogP) is 3.40. The zero-order valence-corrected chi connectivity index (χ0v) is 17.3. The molecule has 0 spiro atoms. The first-order valence-electron chi connectivity index (χ1n) is 9.57. The molecule has 3 atom stereocenters. The second kappa shape index (κ2) is 9.05. The second-order valence-corrected chi connectivity index (χ2v) is 7.50. The molecule has 0 radical (unpaired) electrons. The van der Waals surface area contributed by atoms with Crippen LogP contribution in [0.25, 0.3) is 5.65 Å². The third kappa shape index (κ3) is 4.74. The van der Waals surface area contributed by atoms with E-state index in [1.54, 1.807) is 24.3 Å². The van der Waals surface area contributed by atoms with Crippen molar-refractivity contribution in [2.45, 2.75) is 39.3 Å². The number of nitrogens with zero attached hydrogens (tertiary/aromatic N) is 3. The van der Waals surface area contributed by atoms with Crippen molar-refractivity contribution in [3.05, 3.63) is 65.1 Å². The molecule has 1 aromatic carbocycles. The van der Waals surface area contributed by atoms with E-state index in [2.05, 4.69) is 20.8 Å². The molecule has 3 rings (SSSR count). The summed E-state index contributed by atoms with van der Waals surface area (Å²) in [7, 11) is 0. The summed E-state index contributed by atoms with van der Waals surface area (Å²) in [5.74, 6) is -0.000912. The predicted molar refractivity (Wildman–Crippen MR) is 112 cm³/mol. The number of carbonyl (C=O) groups excluding carboxylic acids is 2. The number of hydrogen-bond donors (Lipinski definition) is 2. The van der Waals surface area contributed by atoms with Crippen LogP contribution >= 0.6 is 11.6 Å². The molecule has 8 heteroatoms. The van der Waals surface area contributed by atoms with Crippen molar-refractivity contribution in [3.63, 3.8) is 0 Å². The normalized spacial score (nSPS) is 14.2. The van der Waals surface area contributed by atoms with E-state index in [1.165, 1.54) is 0 Å². The fourth-order valence-electron chi connectivity index (χ4n) is 3.05. The lowest BCUT2D eigenvalue weighted by atomic mass is 9.97. The maximum atomic E-state index is 13.0. The Morgan fingerprint density at radius 2 is 1.79 bits per heavy atom. The van der Waals surface area contributed by atoms with Crippen LogP contribution < -0.4 is 10.6 Å². The van der Waals surface area contributed by atoms with Crippen molar-refractivity contribution < 1.29 is 9.59 Å². The van der Waals surface area contributed by atoms with Gasteiger partial charge in [-0.15, -0.1) is 10.2 Å². The molecule has 0 saturated carbocycles. The first-order chi connectivity index (χ1) is 13.9. The highest BCUT2D eigenvalue weighted by atomic mass is 35.5. The zero-order valence-electron chi connectivity index (χ0n) is 16.6. The van der Waals surface area contributed by atoms with Crippen LogP contribution in [-0.4, -0.2) is 32.5 Å². The summed E-state index contributed by atoms with van der Waals surface area (Å²) in [6.07, 6.45) is 2.59. The van der Waals surface area contributed by atoms with Gasteiger partial charge in [-0.25, -0.2) is 0 Å². The number of aromatic nitrogens is 3. The molecular formula is C21H24ClN5O2. The Labute approximate surface area is 174 Å². The van der Waals surface area contributed by atoms with Gasteiger partial charge in [-0.2, -0.15) is 0 Å². The van der Waals surface area contributed by atoms with E-state index in [0.717, 1.165) is 6.42 Å². The van der Waals surface area contributed by atoms with E-state index in [0.29, 0.717) is 22.1 Å². The molecule has 0 bridgehead atoms. The number of rotatable bonds is 7. The Bertz CT molecular complexity index is 1000. The molecular weight excluding hydrogens is 390 g/mol. The molecule has 0 aliphatic heterocycles. The summed E-state index contributed by atoms with van der Waals surface area (Å²) in [6.45, 7) is 5.76. The maximum absolute atomic E-state index is 13.0. The largest absolute Gasteiger partial charge is 0.345 e. The van der Waals surface area contributed by atoms with Crippen LogP contribution in [0, 0.1) is 5.92 Å². The van der Waals surface area contributed by atoms with E-state index < -0.39 is 6.04 Å². The minimum Gasteiger partial charge on any atom is -0.345 e. The zero-order chi connectivity index (χ0) is 21.0. The van der Waals surface area contributed by atoms with Crippen LogP contribution in [0.15, 0.2) is 48.7 Å². The topological polar surface area (TPSA) is 88.4 Å². The van der Waals surface area contributed by atoms with Crippen LogP contribution in [0.3, 0.4) is 0 Å². The number of halogens is 1. The number of nitrogens with one attached hydrogen (secondary N) is 2. The van der Waals surface area contributed by atoms with Gasteiger partial charge in [-0.3, -0.25) is 14.0 Å². The average molecular weight is 414 g/mol. The third-order valence-corrected chi connectivity index (χ3v) is 5.23. The Balaban J connectivity index is 1.75. The molecule has 0 saturated heterocycles. The molecule has 7 nitrogen and oxygen atoms in total. The SMILES string of the molecule is CCC(C)C(NC(=O)c1ccc(Cl)cc1)C(=O)NC(C)c1nnc2ccccn12. The molecule has 0 aliphatic rings. The Kier molecular flexibility index (Phi) is 6.49. The van der Waals surface area contributed by atoms with Gasteiger partial charge >= 0.3 is 0 Å². The van der Waals surface area contributed by atoms with Gasteiger partial charge in [0.05, 0.1) is 6.04 Å². The number of carbonyl (C=O) groups is 2. The highest BCUT2D eigenvalue weighted by Gasteiger charge is 2.28. The number of hydrogen-bond acceptors (Lipinski definition) is 4. The summed E-state index contributed by atoms with van der Waals surface area (Å²) >= 11 is 5.88.